The fourth-order valence-corrected chi connectivity index (χ4v) is 1.68. The summed E-state index contributed by atoms with van der Waals surface area (Å²) in [6, 6.07) is 3.35. The van der Waals surface area contributed by atoms with E-state index in [1.54, 1.807) is 39.8 Å². The maximum Gasteiger partial charge on any atom is 0.326 e. The zero-order chi connectivity index (χ0) is 14.8. The first-order valence-electron chi connectivity index (χ1n) is 5.93. The Bertz CT molecular complexity index is 506. The molecule has 1 aromatic rings. The van der Waals surface area contributed by atoms with Crippen LogP contribution >= 0.6 is 0 Å². The Morgan fingerprint density at radius 2 is 1.89 bits per heavy atom. The molecular weight excluding hydrogens is 249 g/mol. The molecule has 4 nitrogen and oxygen atoms in total. The van der Waals surface area contributed by atoms with E-state index in [1.807, 2.05) is 0 Å². The van der Waals surface area contributed by atoms with Gasteiger partial charge in [-0.15, -0.1) is 0 Å². The van der Waals surface area contributed by atoms with Gasteiger partial charge in [0.25, 0.3) is 5.91 Å². The van der Waals surface area contributed by atoms with Gasteiger partial charge in [-0.05, 0) is 24.0 Å². The van der Waals surface area contributed by atoms with Crippen LogP contribution in [0.5, 0.6) is 0 Å². The lowest BCUT2D eigenvalue weighted by Crippen LogP contribution is -2.49. The van der Waals surface area contributed by atoms with Crippen LogP contribution in [0.25, 0.3) is 0 Å². The van der Waals surface area contributed by atoms with Gasteiger partial charge in [-0.2, -0.15) is 0 Å². The minimum Gasteiger partial charge on any atom is -0.480 e. The summed E-state index contributed by atoms with van der Waals surface area (Å²) in [5.74, 6) is -2.49. The number of rotatable bonds is 3. The van der Waals surface area contributed by atoms with Crippen molar-refractivity contribution in [3.05, 3.63) is 35.1 Å². The highest BCUT2D eigenvalue weighted by molar-refractivity contribution is 5.97. The topological polar surface area (TPSA) is 66.4 Å². The molecule has 5 heteroatoms. The zero-order valence-corrected chi connectivity index (χ0v) is 11.5. The van der Waals surface area contributed by atoms with Crippen molar-refractivity contribution < 1.29 is 19.1 Å². The van der Waals surface area contributed by atoms with Gasteiger partial charge in [-0.3, -0.25) is 4.79 Å². The van der Waals surface area contributed by atoms with Crippen molar-refractivity contribution in [2.45, 2.75) is 33.7 Å². The first-order chi connectivity index (χ1) is 8.64. The second-order valence-electron chi connectivity index (χ2n) is 5.55. The SMILES string of the molecule is Cc1cccc(C(=O)NC(C(=O)O)C(C)(C)C)c1F. The van der Waals surface area contributed by atoms with E-state index >= 15 is 0 Å². The Hall–Kier alpha value is -1.91. The first-order valence-corrected chi connectivity index (χ1v) is 5.93. The van der Waals surface area contributed by atoms with Gasteiger partial charge in [-0.25, -0.2) is 9.18 Å². The molecule has 1 unspecified atom stereocenters. The van der Waals surface area contributed by atoms with Gasteiger partial charge in [0.05, 0.1) is 5.56 Å². The fraction of sp³-hybridized carbons (Fsp3) is 0.429. The van der Waals surface area contributed by atoms with Crippen LogP contribution in [-0.4, -0.2) is 23.0 Å². The lowest BCUT2D eigenvalue weighted by atomic mass is 9.86. The van der Waals surface area contributed by atoms with Gasteiger partial charge >= 0.3 is 5.97 Å². The monoisotopic (exact) mass is 267 g/mol. The largest absolute Gasteiger partial charge is 0.480 e. The number of benzene rings is 1. The summed E-state index contributed by atoms with van der Waals surface area (Å²) >= 11 is 0. The summed E-state index contributed by atoms with van der Waals surface area (Å²) in [5, 5.41) is 11.5. The van der Waals surface area contributed by atoms with Crippen molar-refractivity contribution in [2.24, 2.45) is 5.41 Å². The Labute approximate surface area is 111 Å². The van der Waals surface area contributed by atoms with Crippen LogP contribution in [0.2, 0.25) is 0 Å². The number of carbonyl (C=O) groups is 2. The highest BCUT2D eigenvalue weighted by atomic mass is 19.1. The zero-order valence-electron chi connectivity index (χ0n) is 11.5. The number of carboxylic acids is 1. The second-order valence-corrected chi connectivity index (χ2v) is 5.55. The molecule has 0 aliphatic heterocycles. The molecule has 1 rings (SSSR count). The highest BCUT2D eigenvalue weighted by Gasteiger charge is 2.33. The summed E-state index contributed by atoms with van der Waals surface area (Å²) in [6.07, 6.45) is 0. The number of carbonyl (C=O) groups excluding carboxylic acids is 1. The lowest BCUT2D eigenvalue weighted by molar-refractivity contribution is -0.142. The summed E-state index contributed by atoms with van der Waals surface area (Å²) < 4.78 is 13.8. The minimum atomic E-state index is -1.14. The van der Waals surface area contributed by atoms with E-state index in [0.29, 0.717) is 5.56 Å². The van der Waals surface area contributed by atoms with E-state index in [2.05, 4.69) is 5.32 Å². The molecule has 1 atom stereocenters. The first kappa shape index (κ1) is 15.1. The number of hydrogen-bond donors (Lipinski definition) is 2. The average molecular weight is 267 g/mol. The molecule has 0 saturated carbocycles. The van der Waals surface area contributed by atoms with Crippen LogP contribution in [0.1, 0.15) is 36.7 Å². The molecule has 0 heterocycles. The van der Waals surface area contributed by atoms with Crippen LogP contribution in [0.3, 0.4) is 0 Å². The Balaban J connectivity index is 3.02. The molecule has 0 saturated heterocycles. The van der Waals surface area contributed by atoms with E-state index in [9.17, 15) is 14.0 Å². The van der Waals surface area contributed by atoms with Gasteiger partial charge in [0.15, 0.2) is 0 Å². The van der Waals surface area contributed by atoms with E-state index < -0.39 is 29.2 Å². The van der Waals surface area contributed by atoms with Crippen molar-refractivity contribution in [1.82, 2.24) is 5.32 Å². The summed E-state index contributed by atoms with van der Waals surface area (Å²) in [6.45, 7) is 6.63. The molecule has 2 N–H and O–H groups in total. The Morgan fingerprint density at radius 3 is 2.37 bits per heavy atom. The molecule has 0 radical (unpaired) electrons. The minimum absolute atomic E-state index is 0.143. The van der Waals surface area contributed by atoms with Gasteiger partial charge in [0, 0.05) is 0 Å². The van der Waals surface area contributed by atoms with E-state index in [4.69, 9.17) is 5.11 Å². The molecule has 0 spiro atoms. The lowest BCUT2D eigenvalue weighted by Gasteiger charge is -2.27. The van der Waals surface area contributed by atoms with Crippen LogP contribution in [-0.2, 0) is 4.79 Å². The molecule has 1 aromatic carbocycles. The number of aliphatic carboxylic acids is 1. The third kappa shape index (κ3) is 3.53. The number of halogens is 1. The number of amides is 1. The third-order valence-electron chi connectivity index (χ3n) is 2.82. The van der Waals surface area contributed by atoms with E-state index in [1.165, 1.54) is 6.07 Å². The Morgan fingerprint density at radius 1 is 1.32 bits per heavy atom. The second kappa shape index (κ2) is 5.38. The molecule has 104 valence electrons. The smallest absolute Gasteiger partial charge is 0.326 e. The third-order valence-corrected chi connectivity index (χ3v) is 2.82. The van der Waals surface area contributed by atoms with Crippen molar-refractivity contribution in [1.29, 1.82) is 0 Å². The van der Waals surface area contributed by atoms with E-state index in [-0.39, 0.29) is 5.56 Å². The molecule has 1 amide bonds. The summed E-state index contributed by atoms with van der Waals surface area (Å²) in [4.78, 5) is 23.1. The van der Waals surface area contributed by atoms with Gasteiger partial charge in [-0.1, -0.05) is 32.9 Å². The molecule has 0 aromatic heterocycles. The average Bonchev–Trinajstić information content (AvgIpc) is 2.27. The molecule has 19 heavy (non-hydrogen) atoms. The predicted octanol–water partition coefficient (Wildman–Crippen LogP) is 2.36. The predicted molar refractivity (Wildman–Crippen MR) is 69.5 cm³/mol. The van der Waals surface area contributed by atoms with Crippen LogP contribution in [0.4, 0.5) is 4.39 Å². The molecule has 0 bridgehead atoms. The normalized spacial score (nSPS) is 12.9. The highest BCUT2D eigenvalue weighted by Crippen LogP contribution is 2.20. The Kier molecular flexibility index (Phi) is 4.29. The number of carboxylic acid groups (broad SMARTS) is 1. The van der Waals surface area contributed by atoms with Crippen molar-refractivity contribution in [3.8, 4) is 0 Å². The van der Waals surface area contributed by atoms with Crippen LogP contribution < -0.4 is 5.32 Å². The number of hydrogen-bond acceptors (Lipinski definition) is 2. The molecule has 0 aliphatic rings. The van der Waals surface area contributed by atoms with Crippen LogP contribution in [0.15, 0.2) is 18.2 Å². The quantitative estimate of drug-likeness (QED) is 0.883. The molecule has 0 fully saturated rings. The van der Waals surface area contributed by atoms with E-state index in [0.717, 1.165) is 0 Å². The number of aryl methyl sites for hydroxylation is 1. The molecule has 0 aliphatic carbocycles. The maximum atomic E-state index is 13.8. The maximum absolute atomic E-state index is 13.8. The van der Waals surface area contributed by atoms with Gasteiger partial charge in [0.1, 0.15) is 11.9 Å². The van der Waals surface area contributed by atoms with Crippen LogP contribution in [0, 0.1) is 18.2 Å². The van der Waals surface area contributed by atoms with Gasteiger partial charge in [0.2, 0.25) is 0 Å². The summed E-state index contributed by atoms with van der Waals surface area (Å²) in [7, 11) is 0. The van der Waals surface area contributed by atoms with Crippen molar-refractivity contribution in [3.63, 3.8) is 0 Å². The van der Waals surface area contributed by atoms with Crippen molar-refractivity contribution >= 4 is 11.9 Å². The fourth-order valence-electron chi connectivity index (χ4n) is 1.68. The molecular formula is C14H18FNO3. The summed E-state index contributed by atoms with van der Waals surface area (Å²) in [5.41, 5.74) is -0.465. The van der Waals surface area contributed by atoms with Gasteiger partial charge < -0.3 is 10.4 Å². The number of nitrogens with one attached hydrogen (secondary N) is 1. The van der Waals surface area contributed by atoms with Crippen molar-refractivity contribution in [2.75, 3.05) is 0 Å². The standard InChI is InChI=1S/C14H18FNO3/c1-8-6-5-7-9(10(8)15)12(17)16-11(13(18)19)14(2,3)4/h5-7,11H,1-4H3,(H,16,17)(H,18,19).